The number of rotatable bonds is 2. The van der Waals surface area contributed by atoms with Crippen molar-refractivity contribution in [3.05, 3.63) is 34.6 Å². The van der Waals surface area contributed by atoms with Gasteiger partial charge < -0.3 is 10.0 Å². The normalized spacial score (nSPS) is 27.7. The second kappa shape index (κ2) is 4.98. The van der Waals surface area contributed by atoms with Crippen LogP contribution in [0.3, 0.4) is 0 Å². The van der Waals surface area contributed by atoms with E-state index in [0.29, 0.717) is 13.0 Å². The minimum absolute atomic E-state index is 0.0330. The molecule has 1 heterocycles. The van der Waals surface area contributed by atoms with Gasteiger partial charge in [-0.15, -0.1) is 0 Å². The van der Waals surface area contributed by atoms with E-state index in [9.17, 15) is 19.1 Å². The third kappa shape index (κ3) is 2.20. The third-order valence-electron chi connectivity index (χ3n) is 4.75. The molecule has 2 aliphatic rings. The monoisotopic (exact) mass is 311 g/mol. The zero-order chi connectivity index (χ0) is 15.2. The number of hydrogen-bond acceptors (Lipinski definition) is 2. The molecule has 1 saturated heterocycles. The summed E-state index contributed by atoms with van der Waals surface area (Å²) in [5, 5.41) is 9.73. The van der Waals surface area contributed by atoms with Gasteiger partial charge in [-0.3, -0.25) is 9.59 Å². The van der Waals surface area contributed by atoms with Crippen LogP contribution in [0.2, 0.25) is 5.02 Å². The fourth-order valence-corrected chi connectivity index (χ4v) is 3.79. The molecule has 1 aromatic carbocycles. The van der Waals surface area contributed by atoms with E-state index in [0.717, 1.165) is 18.9 Å². The van der Waals surface area contributed by atoms with Crippen molar-refractivity contribution in [1.29, 1.82) is 0 Å². The maximum atomic E-state index is 13.9. The van der Waals surface area contributed by atoms with Gasteiger partial charge in [0.25, 0.3) is 5.91 Å². The van der Waals surface area contributed by atoms with Crippen LogP contribution in [0.4, 0.5) is 4.39 Å². The van der Waals surface area contributed by atoms with Crippen LogP contribution in [0.1, 0.15) is 29.6 Å². The standard InChI is InChI=1S/C15H15ClFNO3/c16-10-3-4-11(12(17)6-10)13(19)18-7-9-2-1-5-15(9,8-18)14(20)21/h3-4,6,9H,1-2,5,7-8H2,(H,20,21)/t9-,15+/m0/s1. The highest BCUT2D eigenvalue weighted by Crippen LogP contribution is 2.49. The van der Waals surface area contributed by atoms with Crippen LogP contribution in [0.15, 0.2) is 18.2 Å². The maximum absolute atomic E-state index is 13.9. The van der Waals surface area contributed by atoms with E-state index in [4.69, 9.17) is 11.6 Å². The molecule has 1 N–H and O–H groups in total. The lowest BCUT2D eigenvalue weighted by Gasteiger charge is -2.23. The van der Waals surface area contributed by atoms with E-state index in [1.165, 1.54) is 17.0 Å². The first kappa shape index (κ1) is 14.3. The van der Waals surface area contributed by atoms with Crippen molar-refractivity contribution in [1.82, 2.24) is 4.90 Å². The molecule has 6 heteroatoms. The average Bonchev–Trinajstić information content (AvgIpc) is 2.95. The molecule has 1 saturated carbocycles. The molecule has 1 aliphatic carbocycles. The number of aliphatic carboxylic acids is 1. The summed E-state index contributed by atoms with van der Waals surface area (Å²) in [6, 6.07) is 3.90. The average molecular weight is 312 g/mol. The van der Waals surface area contributed by atoms with Crippen molar-refractivity contribution in [2.45, 2.75) is 19.3 Å². The van der Waals surface area contributed by atoms with Crippen LogP contribution >= 0.6 is 11.6 Å². The van der Waals surface area contributed by atoms with Crippen molar-refractivity contribution < 1.29 is 19.1 Å². The molecule has 0 aromatic heterocycles. The van der Waals surface area contributed by atoms with Gasteiger partial charge in [0.05, 0.1) is 11.0 Å². The van der Waals surface area contributed by atoms with Crippen molar-refractivity contribution in [2.75, 3.05) is 13.1 Å². The molecular weight excluding hydrogens is 297 g/mol. The van der Waals surface area contributed by atoms with E-state index >= 15 is 0 Å². The summed E-state index contributed by atoms with van der Waals surface area (Å²) in [7, 11) is 0. The SMILES string of the molecule is O=C(c1ccc(Cl)cc1F)N1C[C@@H]2CCC[C@@]2(C(=O)O)C1. The Hall–Kier alpha value is -1.62. The van der Waals surface area contributed by atoms with Crippen LogP contribution in [0.25, 0.3) is 0 Å². The number of amides is 1. The molecule has 112 valence electrons. The molecular formula is C15H15ClFNO3. The minimum atomic E-state index is -0.850. The zero-order valence-electron chi connectivity index (χ0n) is 11.3. The molecule has 0 bridgehead atoms. The number of nitrogens with zero attached hydrogens (tertiary/aromatic N) is 1. The van der Waals surface area contributed by atoms with Gasteiger partial charge in [0.15, 0.2) is 0 Å². The predicted molar refractivity (Wildman–Crippen MR) is 74.7 cm³/mol. The Bertz CT molecular complexity index is 621. The van der Waals surface area contributed by atoms with Gasteiger partial charge >= 0.3 is 5.97 Å². The molecule has 2 fully saturated rings. The van der Waals surface area contributed by atoms with E-state index in [2.05, 4.69) is 0 Å². The zero-order valence-corrected chi connectivity index (χ0v) is 12.1. The van der Waals surface area contributed by atoms with Crippen LogP contribution in [0.5, 0.6) is 0 Å². The lowest BCUT2D eigenvalue weighted by Crippen LogP contribution is -2.37. The number of fused-ring (bicyclic) bond motifs is 1. The van der Waals surface area contributed by atoms with E-state index < -0.39 is 23.1 Å². The summed E-state index contributed by atoms with van der Waals surface area (Å²) in [4.78, 5) is 25.5. The number of halogens is 2. The maximum Gasteiger partial charge on any atom is 0.311 e. The number of carbonyl (C=O) groups excluding carboxylic acids is 1. The van der Waals surface area contributed by atoms with Gasteiger partial charge in [-0.25, -0.2) is 4.39 Å². The van der Waals surface area contributed by atoms with Gasteiger partial charge in [-0.05, 0) is 37.0 Å². The van der Waals surface area contributed by atoms with Crippen molar-refractivity contribution in [3.63, 3.8) is 0 Å². The van der Waals surface area contributed by atoms with Gasteiger partial charge in [0.1, 0.15) is 5.82 Å². The van der Waals surface area contributed by atoms with Gasteiger partial charge in [-0.1, -0.05) is 18.0 Å². The predicted octanol–water partition coefficient (Wildman–Crippen LogP) is 2.81. The number of benzene rings is 1. The first-order chi connectivity index (χ1) is 9.94. The summed E-state index contributed by atoms with van der Waals surface area (Å²) in [5.74, 6) is -2.01. The highest BCUT2D eigenvalue weighted by molar-refractivity contribution is 6.30. The van der Waals surface area contributed by atoms with E-state index in [1.54, 1.807) is 0 Å². The summed E-state index contributed by atoms with van der Waals surface area (Å²) >= 11 is 5.68. The first-order valence-electron chi connectivity index (χ1n) is 6.92. The molecule has 0 unspecified atom stereocenters. The second-order valence-electron chi connectivity index (χ2n) is 5.86. The number of carbonyl (C=O) groups is 2. The summed E-state index contributed by atoms with van der Waals surface area (Å²) in [6.45, 7) is 0.543. The molecule has 3 rings (SSSR count). The molecule has 1 aliphatic heterocycles. The Morgan fingerprint density at radius 3 is 2.81 bits per heavy atom. The molecule has 0 radical (unpaired) electrons. The summed E-state index contributed by atoms with van der Waals surface area (Å²) < 4.78 is 13.9. The van der Waals surface area contributed by atoms with Crippen molar-refractivity contribution >= 4 is 23.5 Å². The molecule has 1 aromatic rings. The highest BCUT2D eigenvalue weighted by atomic mass is 35.5. The third-order valence-corrected chi connectivity index (χ3v) is 4.98. The number of hydrogen-bond donors (Lipinski definition) is 1. The molecule has 21 heavy (non-hydrogen) atoms. The number of carboxylic acid groups (broad SMARTS) is 1. The van der Waals surface area contributed by atoms with Crippen molar-refractivity contribution in [2.24, 2.45) is 11.3 Å². The first-order valence-corrected chi connectivity index (χ1v) is 7.29. The Balaban J connectivity index is 1.86. The smallest absolute Gasteiger partial charge is 0.311 e. The number of likely N-dealkylation sites (tertiary alicyclic amines) is 1. The van der Waals surface area contributed by atoms with Gasteiger partial charge in [0, 0.05) is 18.1 Å². The summed E-state index contributed by atoms with van der Waals surface area (Å²) in [6.07, 6.45) is 2.26. The fraction of sp³-hybridized carbons (Fsp3) is 0.467. The molecule has 0 spiro atoms. The Labute approximate surface area is 126 Å². The molecule has 2 atom stereocenters. The summed E-state index contributed by atoms with van der Waals surface area (Å²) in [5.41, 5.74) is -0.904. The fourth-order valence-electron chi connectivity index (χ4n) is 3.63. The van der Waals surface area contributed by atoms with Crippen molar-refractivity contribution in [3.8, 4) is 0 Å². The minimum Gasteiger partial charge on any atom is -0.481 e. The Morgan fingerprint density at radius 2 is 2.19 bits per heavy atom. The van der Waals surface area contributed by atoms with E-state index in [1.807, 2.05) is 0 Å². The van der Waals surface area contributed by atoms with Gasteiger partial charge in [-0.2, -0.15) is 0 Å². The highest BCUT2D eigenvalue weighted by Gasteiger charge is 2.55. The molecule has 1 amide bonds. The second-order valence-corrected chi connectivity index (χ2v) is 6.30. The van der Waals surface area contributed by atoms with Gasteiger partial charge in [0.2, 0.25) is 0 Å². The van der Waals surface area contributed by atoms with Crippen LogP contribution in [0, 0.1) is 17.2 Å². The Morgan fingerprint density at radius 1 is 1.43 bits per heavy atom. The van der Waals surface area contributed by atoms with Crippen LogP contribution in [-0.2, 0) is 4.79 Å². The van der Waals surface area contributed by atoms with Crippen LogP contribution in [-0.4, -0.2) is 35.0 Å². The topological polar surface area (TPSA) is 57.6 Å². The largest absolute Gasteiger partial charge is 0.481 e. The lowest BCUT2D eigenvalue weighted by molar-refractivity contribution is -0.149. The lowest BCUT2D eigenvalue weighted by atomic mass is 9.81. The quantitative estimate of drug-likeness (QED) is 0.913. The number of carboxylic acids is 1. The van der Waals surface area contributed by atoms with Crippen LogP contribution < -0.4 is 0 Å². The Kier molecular flexibility index (Phi) is 3.40. The molecule has 4 nitrogen and oxygen atoms in total. The van der Waals surface area contributed by atoms with E-state index in [-0.39, 0.29) is 23.0 Å².